The fourth-order valence-electron chi connectivity index (χ4n) is 2.95. The Bertz CT molecular complexity index is 1040. The van der Waals surface area contributed by atoms with Crippen molar-refractivity contribution in [2.45, 2.75) is 6.54 Å². The average Bonchev–Trinajstić information content (AvgIpc) is 3.14. The summed E-state index contributed by atoms with van der Waals surface area (Å²) < 4.78 is 0. The molecule has 6 heteroatoms. The van der Waals surface area contributed by atoms with Crippen molar-refractivity contribution in [3.05, 3.63) is 78.1 Å². The van der Waals surface area contributed by atoms with Gasteiger partial charge in [-0.2, -0.15) is 15.0 Å². The molecule has 4 aromatic rings. The summed E-state index contributed by atoms with van der Waals surface area (Å²) >= 11 is 0. The number of hydrogen-bond donors (Lipinski definition) is 1. The van der Waals surface area contributed by atoms with E-state index in [9.17, 15) is 9.90 Å². The van der Waals surface area contributed by atoms with Gasteiger partial charge >= 0.3 is 5.97 Å². The van der Waals surface area contributed by atoms with E-state index in [0.29, 0.717) is 22.2 Å². The smallest absolute Gasteiger partial charge is 0.336 e. The Morgan fingerprint density at radius 2 is 1.64 bits per heavy atom. The summed E-state index contributed by atoms with van der Waals surface area (Å²) in [6, 6.07) is 16.8. The van der Waals surface area contributed by atoms with E-state index in [1.165, 1.54) is 4.80 Å². The summed E-state index contributed by atoms with van der Waals surface area (Å²) in [5.41, 5.74) is 2.97. The van der Waals surface area contributed by atoms with Gasteiger partial charge in [0.2, 0.25) is 0 Å². The lowest BCUT2D eigenvalue weighted by Crippen LogP contribution is -2.13. The Morgan fingerprint density at radius 1 is 0.960 bits per heavy atom. The lowest BCUT2D eigenvalue weighted by Gasteiger charge is -2.15. The topological polar surface area (TPSA) is 80.9 Å². The molecule has 0 saturated carbocycles. The molecule has 0 saturated heterocycles. The molecule has 0 atom stereocenters. The predicted molar refractivity (Wildman–Crippen MR) is 93.3 cm³/mol. The van der Waals surface area contributed by atoms with Gasteiger partial charge in [-0.25, -0.2) is 9.78 Å². The van der Waals surface area contributed by atoms with Crippen LogP contribution in [0.4, 0.5) is 0 Å². The zero-order chi connectivity index (χ0) is 17.2. The Hall–Kier alpha value is -3.54. The second kappa shape index (κ2) is 6.16. The van der Waals surface area contributed by atoms with Crippen LogP contribution in [-0.2, 0) is 6.54 Å². The van der Waals surface area contributed by atoms with Gasteiger partial charge in [0.15, 0.2) is 0 Å². The third-order valence-electron chi connectivity index (χ3n) is 4.02. The van der Waals surface area contributed by atoms with E-state index in [-0.39, 0.29) is 12.1 Å². The van der Waals surface area contributed by atoms with Crippen molar-refractivity contribution < 1.29 is 9.90 Å². The molecule has 122 valence electrons. The second-order valence-corrected chi connectivity index (χ2v) is 5.56. The maximum Gasteiger partial charge on any atom is 0.336 e. The van der Waals surface area contributed by atoms with Gasteiger partial charge in [-0.05, 0) is 6.07 Å². The van der Waals surface area contributed by atoms with Gasteiger partial charge in [0.1, 0.15) is 0 Å². The molecule has 0 radical (unpaired) electrons. The Labute approximate surface area is 143 Å². The van der Waals surface area contributed by atoms with Gasteiger partial charge in [0, 0.05) is 16.5 Å². The summed E-state index contributed by atoms with van der Waals surface area (Å²) in [4.78, 5) is 18.3. The monoisotopic (exact) mass is 330 g/mol. The van der Waals surface area contributed by atoms with Crippen molar-refractivity contribution in [1.82, 2.24) is 20.0 Å². The van der Waals surface area contributed by atoms with Crippen molar-refractivity contribution in [2.75, 3.05) is 0 Å². The number of carboxylic acid groups (broad SMARTS) is 1. The lowest BCUT2D eigenvalue weighted by atomic mass is 9.96. The average molecular weight is 330 g/mol. The number of nitrogens with zero attached hydrogens (tertiary/aromatic N) is 4. The fraction of sp³-hybridized carbons (Fsp3) is 0.0526. The quantitative estimate of drug-likeness (QED) is 0.621. The minimum atomic E-state index is -0.988. The molecule has 0 fully saturated rings. The number of hydrogen-bond acceptors (Lipinski definition) is 4. The highest BCUT2D eigenvalue weighted by Crippen LogP contribution is 2.30. The number of carboxylic acids is 1. The molecule has 0 amide bonds. The van der Waals surface area contributed by atoms with Crippen molar-refractivity contribution in [3.8, 4) is 11.3 Å². The number of rotatable bonds is 4. The standard InChI is InChI=1S/C19H14N4O2/c24-19(25)17-14-8-4-5-9-16(14)22-18(13-6-2-1-3-7-13)15(17)12-23-20-10-11-21-23/h1-11H,12H2,(H,24,25). The van der Waals surface area contributed by atoms with Gasteiger partial charge in [-0.15, -0.1) is 0 Å². The number of fused-ring (bicyclic) bond motifs is 1. The molecule has 6 nitrogen and oxygen atoms in total. The maximum absolute atomic E-state index is 12.1. The molecule has 2 aromatic heterocycles. The number of aromatic carboxylic acids is 1. The first-order valence-electron chi connectivity index (χ1n) is 7.78. The molecular weight excluding hydrogens is 316 g/mol. The normalized spacial score (nSPS) is 10.9. The molecule has 1 N–H and O–H groups in total. The third kappa shape index (κ3) is 2.74. The van der Waals surface area contributed by atoms with Gasteiger partial charge < -0.3 is 5.11 Å². The predicted octanol–water partition coefficient (Wildman–Crippen LogP) is 3.24. The number of para-hydroxylation sites is 1. The summed E-state index contributed by atoms with van der Waals surface area (Å²) in [7, 11) is 0. The van der Waals surface area contributed by atoms with Crippen LogP contribution < -0.4 is 0 Å². The van der Waals surface area contributed by atoms with Crippen LogP contribution in [0.25, 0.3) is 22.2 Å². The fourth-order valence-corrected chi connectivity index (χ4v) is 2.95. The number of benzene rings is 2. The molecule has 2 aromatic carbocycles. The van der Waals surface area contributed by atoms with Crippen LogP contribution in [0, 0.1) is 0 Å². The molecule has 0 aliphatic rings. The van der Waals surface area contributed by atoms with E-state index in [4.69, 9.17) is 4.98 Å². The SMILES string of the molecule is O=C(O)c1c(Cn2nccn2)c(-c2ccccc2)nc2ccccc12. The largest absolute Gasteiger partial charge is 0.478 e. The van der Waals surface area contributed by atoms with Crippen LogP contribution in [0.3, 0.4) is 0 Å². The van der Waals surface area contributed by atoms with Crippen LogP contribution in [0.2, 0.25) is 0 Å². The van der Waals surface area contributed by atoms with E-state index < -0.39 is 5.97 Å². The molecule has 0 bridgehead atoms. The van der Waals surface area contributed by atoms with Crippen molar-refractivity contribution >= 4 is 16.9 Å². The van der Waals surface area contributed by atoms with E-state index in [1.54, 1.807) is 18.5 Å². The van der Waals surface area contributed by atoms with Gasteiger partial charge in [-0.1, -0.05) is 48.5 Å². The Kier molecular flexibility index (Phi) is 3.70. The number of pyridine rings is 1. The van der Waals surface area contributed by atoms with E-state index >= 15 is 0 Å². The second-order valence-electron chi connectivity index (χ2n) is 5.56. The van der Waals surface area contributed by atoms with E-state index in [2.05, 4.69) is 10.2 Å². The van der Waals surface area contributed by atoms with Crippen LogP contribution in [0.5, 0.6) is 0 Å². The van der Waals surface area contributed by atoms with Crippen LogP contribution in [0.15, 0.2) is 67.0 Å². The maximum atomic E-state index is 12.1. The molecule has 0 unspecified atom stereocenters. The van der Waals surface area contributed by atoms with Gasteiger partial charge in [-0.3, -0.25) is 0 Å². The van der Waals surface area contributed by atoms with Crippen molar-refractivity contribution in [3.63, 3.8) is 0 Å². The highest BCUT2D eigenvalue weighted by molar-refractivity contribution is 6.05. The van der Waals surface area contributed by atoms with Gasteiger partial charge in [0.25, 0.3) is 0 Å². The Balaban J connectivity index is 2.06. The molecule has 4 rings (SSSR count). The summed E-state index contributed by atoms with van der Waals surface area (Å²) in [6.45, 7) is 0.233. The summed E-state index contributed by atoms with van der Waals surface area (Å²) in [5, 5.41) is 18.7. The van der Waals surface area contributed by atoms with Crippen LogP contribution in [0.1, 0.15) is 15.9 Å². The molecule has 0 aliphatic heterocycles. The molecule has 0 spiro atoms. The number of aromatic nitrogens is 4. The van der Waals surface area contributed by atoms with Crippen LogP contribution in [-0.4, -0.2) is 31.1 Å². The number of carbonyl (C=O) groups is 1. The first kappa shape index (κ1) is 15.0. The molecule has 0 aliphatic carbocycles. The first-order valence-corrected chi connectivity index (χ1v) is 7.78. The minimum Gasteiger partial charge on any atom is -0.478 e. The van der Waals surface area contributed by atoms with Gasteiger partial charge in [0.05, 0.1) is 35.7 Å². The first-order chi connectivity index (χ1) is 12.2. The lowest BCUT2D eigenvalue weighted by molar-refractivity contribution is 0.0697. The zero-order valence-corrected chi connectivity index (χ0v) is 13.2. The molecule has 2 heterocycles. The van der Waals surface area contributed by atoms with E-state index in [0.717, 1.165) is 5.56 Å². The van der Waals surface area contributed by atoms with Crippen LogP contribution >= 0.6 is 0 Å². The molecule has 25 heavy (non-hydrogen) atoms. The third-order valence-corrected chi connectivity index (χ3v) is 4.02. The van der Waals surface area contributed by atoms with E-state index in [1.807, 2.05) is 48.5 Å². The summed E-state index contributed by atoms with van der Waals surface area (Å²) in [5.74, 6) is -0.988. The summed E-state index contributed by atoms with van der Waals surface area (Å²) in [6.07, 6.45) is 3.13. The molecular formula is C19H14N4O2. The van der Waals surface area contributed by atoms with Crippen molar-refractivity contribution in [2.24, 2.45) is 0 Å². The highest BCUT2D eigenvalue weighted by Gasteiger charge is 2.21. The minimum absolute atomic E-state index is 0.233. The Morgan fingerprint density at radius 3 is 2.36 bits per heavy atom. The highest BCUT2D eigenvalue weighted by atomic mass is 16.4. The van der Waals surface area contributed by atoms with Crippen molar-refractivity contribution in [1.29, 1.82) is 0 Å². The zero-order valence-electron chi connectivity index (χ0n) is 13.2.